The number of carbonyl (C=O) groups is 1. The van der Waals surface area contributed by atoms with Gasteiger partial charge in [0.05, 0.1) is 11.3 Å². The lowest BCUT2D eigenvalue weighted by molar-refractivity contribution is -0.137. The topological polar surface area (TPSA) is 20.3 Å². The van der Waals surface area contributed by atoms with Gasteiger partial charge in [-0.25, -0.2) is 0 Å². The highest BCUT2D eigenvalue weighted by Gasteiger charge is 2.41. The van der Waals surface area contributed by atoms with Gasteiger partial charge in [0.2, 0.25) is 0 Å². The molecule has 0 atom stereocenters. The van der Waals surface area contributed by atoms with Crippen molar-refractivity contribution in [1.29, 1.82) is 0 Å². The highest BCUT2D eigenvalue weighted by atomic mass is 19.4. The van der Waals surface area contributed by atoms with Gasteiger partial charge in [0.1, 0.15) is 0 Å². The Morgan fingerprint density at radius 2 is 1.83 bits per heavy atom. The monoisotopic (exact) mass is 255 g/mol. The molecular weight excluding hydrogens is 243 g/mol. The van der Waals surface area contributed by atoms with E-state index in [0.29, 0.717) is 16.7 Å². The predicted octanol–water partition coefficient (Wildman–Crippen LogP) is 3.48. The molecular formula is C13H12F3NO. The Hall–Kier alpha value is -1.78. The first-order valence-corrected chi connectivity index (χ1v) is 5.41. The summed E-state index contributed by atoms with van der Waals surface area (Å²) in [5.41, 5.74) is 0.610. The molecule has 2 rings (SSSR count). The fourth-order valence-corrected chi connectivity index (χ4v) is 2.20. The van der Waals surface area contributed by atoms with Gasteiger partial charge in [-0.3, -0.25) is 4.79 Å². The summed E-state index contributed by atoms with van der Waals surface area (Å²) in [6.07, 6.45) is -4.46. The number of para-hydroxylation sites is 1. The van der Waals surface area contributed by atoms with Gasteiger partial charge in [0.25, 0.3) is 5.91 Å². The molecule has 0 N–H and O–H groups in total. The second kappa shape index (κ2) is 3.86. The first-order chi connectivity index (χ1) is 8.25. The highest BCUT2D eigenvalue weighted by Crippen LogP contribution is 2.45. The van der Waals surface area contributed by atoms with Gasteiger partial charge in [0.15, 0.2) is 0 Å². The smallest absolute Gasteiger partial charge is 0.310 e. The number of rotatable bonds is 0. The average Bonchev–Trinajstić information content (AvgIpc) is 2.50. The molecule has 0 bridgehead atoms. The van der Waals surface area contributed by atoms with Crippen molar-refractivity contribution < 1.29 is 18.0 Å². The Morgan fingerprint density at radius 3 is 2.33 bits per heavy atom. The van der Waals surface area contributed by atoms with E-state index in [1.807, 2.05) is 0 Å². The van der Waals surface area contributed by atoms with Crippen molar-refractivity contribution in [3.8, 4) is 0 Å². The van der Waals surface area contributed by atoms with E-state index in [0.717, 1.165) is 11.0 Å². The molecule has 1 aliphatic rings. The summed E-state index contributed by atoms with van der Waals surface area (Å²) in [5.74, 6) is -0.387. The SMILES string of the molecule is CC(C)=C1C(=O)N(C)c2c1cccc2C(F)(F)F. The van der Waals surface area contributed by atoms with Gasteiger partial charge >= 0.3 is 6.18 Å². The van der Waals surface area contributed by atoms with Crippen molar-refractivity contribution in [3.63, 3.8) is 0 Å². The zero-order chi connectivity index (χ0) is 13.7. The van der Waals surface area contributed by atoms with Crippen molar-refractivity contribution in [2.45, 2.75) is 20.0 Å². The van der Waals surface area contributed by atoms with Gasteiger partial charge in [-0.1, -0.05) is 17.7 Å². The molecule has 5 heteroatoms. The Morgan fingerprint density at radius 1 is 1.22 bits per heavy atom. The molecule has 0 unspecified atom stereocenters. The Kier molecular flexibility index (Phi) is 2.72. The molecule has 96 valence electrons. The minimum atomic E-state index is -4.46. The minimum absolute atomic E-state index is 0.0498. The van der Waals surface area contributed by atoms with E-state index < -0.39 is 11.7 Å². The first kappa shape index (κ1) is 12.7. The van der Waals surface area contributed by atoms with Crippen LogP contribution in [0.2, 0.25) is 0 Å². The van der Waals surface area contributed by atoms with Crippen LogP contribution in [0.1, 0.15) is 25.0 Å². The minimum Gasteiger partial charge on any atom is -0.310 e. The van der Waals surface area contributed by atoms with Gasteiger partial charge in [-0.05, 0) is 19.9 Å². The average molecular weight is 255 g/mol. The Labute approximate surface area is 103 Å². The van der Waals surface area contributed by atoms with Crippen LogP contribution in [0.4, 0.5) is 18.9 Å². The lowest BCUT2D eigenvalue weighted by atomic mass is 10.0. The third-order valence-corrected chi connectivity index (χ3v) is 2.96. The van der Waals surface area contributed by atoms with Crippen molar-refractivity contribution in [2.24, 2.45) is 0 Å². The van der Waals surface area contributed by atoms with Gasteiger partial charge < -0.3 is 4.90 Å². The number of halogens is 3. The molecule has 2 nitrogen and oxygen atoms in total. The number of allylic oxidation sites excluding steroid dienone is 1. The van der Waals surface area contributed by atoms with Crippen LogP contribution in [0.15, 0.2) is 23.8 Å². The van der Waals surface area contributed by atoms with Crippen LogP contribution in [0, 0.1) is 0 Å². The summed E-state index contributed by atoms with van der Waals surface area (Å²) in [6.45, 7) is 3.44. The van der Waals surface area contributed by atoms with Gasteiger partial charge in [-0.2, -0.15) is 13.2 Å². The quantitative estimate of drug-likeness (QED) is 0.650. The lowest BCUT2D eigenvalue weighted by Crippen LogP contribution is -2.23. The summed E-state index contributed by atoms with van der Waals surface area (Å²) in [7, 11) is 1.37. The molecule has 0 spiro atoms. The molecule has 0 saturated carbocycles. The Balaban J connectivity index is 2.79. The van der Waals surface area contributed by atoms with Crippen LogP contribution in [-0.4, -0.2) is 13.0 Å². The Bertz CT molecular complexity index is 554. The summed E-state index contributed by atoms with van der Waals surface area (Å²) in [4.78, 5) is 13.1. The number of alkyl halides is 3. The second-order valence-electron chi connectivity index (χ2n) is 4.44. The number of anilines is 1. The molecule has 0 saturated heterocycles. The number of nitrogens with zero attached hydrogens (tertiary/aromatic N) is 1. The third kappa shape index (κ3) is 1.70. The largest absolute Gasteiger partial charge is 0.418 e. The number of hydrogen-bond donors (Lipinski definition) is 0. The van der Waals surface area contributed by atoms with E-state index in [1.165, 1.54) is 13.1 Å². The zero-order valence-electron chi connectivity index (χ0n) is 10.2. The van der Waals surface area contributed by atoms with Gasteiger partial charge in [0, 0.05) is 18.2 Å². The number of amides is 1. The van der Waals surface area contributed by atoms with Crippen molar-refractivity contribution in [2.75, 3.05) is 11.9 Å². The summed E-state index contributed by atoms with van der Waals surface area (Å²) in [5, 5.41) is 0. The maximum absolute atomic E-state index is 12.9. The van der Waals surface area contributed by atoms with E-state index in [4.69, 9.17) is 0 Å². The molecule has 1 aromatic carbocycles. The van der Waals surface area contributed by atoms with Crippen molar-refractivity contribution >= 4 is 17.2 Å². The number of likely N-dealkylation sites (N-methyl/N-ethyl adjacent to an activating group) is 1. The number of hydrogen-bond acceptors (Lipinski definition) is 1. The van der Waals surface area contributed by atoms with Crippen molar-refractivity contribution in [3.05, 3.63) is 34.9 Å². The van der Waals surface area contributed by atoms with Crippen LogP contribution in [-0.2, 0) is 11.0 Å². The van der Waals surface area contributed by atoms with E-state index in [1.54, 1.807) is 19.9 Å². The molecule has 0 fully saturated rings. The van der Waals surface area contributed by atoms with Gasteiger partial charge in [-0.15, -0.1) is 0 Å². The van der Waals surface area contributed by atoms with Crippen LogP contribution >= 0.6 is 0 Å². The van der Waals surface area contributed by atoms with Crippen LogP contribution in [0.3, 0.4) is 0 Å². The molecule has 0 aromatic heterocycles. The molecule has 1 aliphatic heterocycles. The third-order valence-electron chi connectivity index (χ3n) is 2.96. The predicted molar refractivity (Wildman–Crippen MR) is 63.1 cm³/mol. The van der Waals surface area contributed by atoms with Crippen LogP contribution < -0.4 is 4.90 Å². The summed E-state index contributed by atoms with van der Waals surface area (Å²) >= 11 is 0. The van der Waals surface area contributed by atoms with E-state index >= 15 is 0 Å². The van der Waals surface area contributed by atoms with E-state index in [-0.39, 0.29) is 11.6 Å². The standard InChI is InChI=1S/C13H12F3NO/c1-7(2)10-8-5-4-6-9(13(14,15)16)11(8)17(3)12(10)18/h4-6H,1-3H3. The zero-order valence-corrected chi connectivity index (χ0v) is 10.2. The number of fused-ring (bicyclic) bond motifs is 1. The van der Waals surface area contributed by atoms with Crippen LogP contribution in [0.25, 0.3) is 5.57 Å². The lowest BCUT2D eigenvalue weighted by Gasteiger charge is -2.16. The molecule has 1 amide bonds. The van der Waals surface area contributed by atoms with Crippen molar-refractivity contribution in [1.82, 2.24) is 0 Å². The fraction of sp³-hybridized carbons (Fsp3) is 0.308. The highest BCUT2D eigenvalue weighted by molar-refractivity contribution is 6.33. The molecule has 1 heterocycles. The maximum atomic E-state index is 12.9. The molecule has 1 aromatic rings. The molecule has 0 radical (unpaired) electrons. The molecule has 0 aliphatic carbocycles. The van der Waals surface area contributed by atoms with E-state index in [9.17, 15) is 18.0 Å². The second-order valence-corrected chi connectivity index (χ2v) is 4.44. The molecule has 18 heavy (non-hydrogen) atoms. The van der Waals surface area contributed by atoms with Crippen LogP contribution in [0.5, 0.6) is 0 Å². The normalized spacial score (nSPS) is 15.1. The summed E-state index contributed by atoms with van der Waals surface area (Å²) in [6, 6.07) is 3.88. The first-order valence-electron chi connectivity index (χ1n) is 5.41. The fourth-order valence-electron chi connectivity index (χ4n) is 2.20. The number of benzene rings is 1. The summed E-state index contributed by atoms with van der Waals surface area (Å²) < 4.78 is 38.8. The maximum Gasteiger partial charge on any atom is 0.418 e. The number of carbonyl (C=O) groups excluding carboxylic acids is 1. The van der Waals surface area contributed by atoms with E-state index in [2.05, 4.69) is 0 Å².